The Morgan fingerprint density at radius 1 is 1.64 bits per heavy atom. The van der Waals surface area contributed by atoms with Crippen LogP contribution in [-0.2, 0) is 15.1 Å². The van der Waals surface area contributed by atoms with E-state index in [0.717, 1.165) is 17.4 Å². The van der Waals surface area contributed by atoms with E-state index in [2.05, 4.69) is 37.0 Å². The summed E-state index contributed by atoms with van der Waals surface area (Å²) >= 11 is 6.61. The Bertz CT molecular complexity index is 385. The summed E-state index contributed by atoms with van der Waals surface area (Å²) in [5.74, 6) is -0.228. The number of methoxy groups -OCH3 is 1. The van der Waals surface area contributed by atoms with E-state index in [9.17, 15) is 4.79 Å². The highest BCUT2D eigenvalue weighted by atomic mass is 79.9. The SMILES string of the molecule is COC(=O)C1(n2nc(Br)cc2Br)CC1. The number of aromatic nitrogens is 2. The first-order valence-electron chi connectivity index (χ1n) is 4.10. The van der Waals surface area contributed by atoms with Gasteiger partial charge in [0.25, 0.3) is 0 Å². The zero-order valence-corrected chi connectivity index (χ0v) is 10.6. The van der Waals surface area contributed by atoms with Crippen LogP contribution in [0.25, 0.3) is 0 Å². The lowest BCUT2D eigenvalue weighted by molar-refractivity contribution is -0.146. The maximum Gasteiger partial charge on any atom is 0.333 e. The summed E-state index contributed by atoms with van der Waals surface area (Å²) in [6, 6.07) is 1.81. The fraction of sp³-hybridized carbons (Fsp3) is 0.500. The van der Waals surface area contributed by atoms with Crippen LogP contribution in [0.5, 0.6) is 0 Å². The minimum Gasteiger partial charge on any atom is -0.467 e. The average molecular weight is 324 g/mol. The van der Waals surface area contributed by atoms with Crippen molar-refractivity contribution in [1.29, 1.82) is 0 Å². The minimum absolute atomic E-state index is 0.228. The number of esters is 1. The normalized spacial score (nSPS) is 17.9. The molecule has 0 spiro atoms. The van der Waals surface area contributed by atoms with Crippen LogP contribution in [0.4, 0.5) is 0 Å². The van der Waals surface area contributed by atoms with Gasteiger partial charge in [-0.3, -0.25) is 0 Å². The van der Waals surface area contributed by atoms with Crippen molar-refractivity contribution in [2.24, 2.45) is 0 Å². The molecule has 1 aromatic heterocycles. The molecule has 0 aliphatic heterocycles. The monoisotopic (exact) mass is 322 g/mol. The molecule has 4 nitrogen and oxygen atoms in total. The topological polar surface area (TPSA) is 44.1 Å². The number of ether oxygens (including phenoxy) is 1. The van der Waals surface area contributed by atoms with E-state index in [1.807, 2.05) is 6.07 Å². The smallest absolute Gasteiger partial charge is 0.333 e. The molecular weight excluding hydrogens is 316 g/mol. The molecule has 76 valence electrons. The van der Waals surface area contributed by atoms with Crippen molar-refractivity contribution in [3.05, 3.63) is 15.3 Å². The summed E-state index contributed by atoms with van der Waals surface area (Å²) in [6.45, 7) is 0. The fourth-order valence-corrected chi connectivity index (χ4v) is 2.76. The predicted octanol–water partition coefficient (Wildman–Crippen LogP) is 2.07. The Kier molecular flexibility index (Phi) is 2.43. The van der Waals surface area contributed by atoms with Crippen molar-refractivity contribution in [2.75, 3.05) is 7.11 Å². The maximum atomic E-state index is 11.5. The van der Waals surface area contributed by atoms with E-state index in [1.165, 1.54) is 7.11 Å². The molecule has 0 atom stereocenters. The number of hydrogen-bond donors (Lipinski definition) is 0. The Hall–Kier alpha value is -0.360. The molecule has 0 unspecified atom stereocenters. The Morgan fingerprint density at radius 2 is 2.29 bits per heavy atom. The predicted molar refractivity (Wildman–Crippen MR) is 56.9 cm³/mol. The van der Waals surface area contributed by atoms with E-state index in [0.29, 0.717) is 4.60 Å². The molecule has 2 rings (SSSR count). The lowest BCUT2D eigenvalue weighted by Crippen LogP contribution is -2.30. The Balaban J connectivity index is 2.39. The van der Waals surface area contributed by atoms with E-state index in [1.54, 1.807) is 4.68 Å². The third-order valence-corrected chi connectivity index (χ3v) is 3.28. The van der Waals surface area contributed by atoms with Crippen LogP contribution in [-0.4, -0.2) is 22.9 Å². The number of hydrogen-bond acceptors (Lipinski definition) is 3. The highest BCUT2D eigenvalue weighted by Gasteiger charge is 2.54. The zero-order chi connectivity index (χ0) is 10.3. The lowest BCUT2D eigenvalue weighted by Gasteiger charge is -2.13. The number of carbonyl (C=O) groups is 1. The van der Waals surface area contributed by atoms with E-state index in [4.69, 9.17) is 4.74 Å². The maximum absolute atomic E-state index is 11.5. The van der Waals surface area contributed by atoms with Crippen LogP contribution >= 0.6 is 31.9 Å². The molecule has 0 amide bonds. The zero-order valence-electron chi connectivity index (χ0n) is 7.46. The van der Waals surface area contributed by atoms with Gasteiger partial charge in [0.2, 0.25) is 0 Å². The largest absolute Gasteiger partial charge is 0.467 e. The molecular formula is C8H8Br2N2O2. The first-order chi connectivity index (χ1) is 6.60. The highest BCUT2D eigenvalue weighted by molar-refractivity contribution is 9.11. The molecule has 1 heterocycles. The molecule has 0 N–H and O–H groups in total. The summed E-state index contributed by atoms with van der Waals surface area (Å²) in [6.07, 6.45) is 1.57. The molecule has 1 fully saturated rings. The summed E-state index contributed by atoms with van der Waals surface area (Å²) in [7, 11) is 1.40. The van der Waals surface area contributed by atoms with Gasteiger partial charge in [0.05, 0.1) is 7.11 Å². The van der Waals surface area contributed by atoms with Gasteiger partial charge in [-0.15, -0.1) is 0 Å². The van der Waals surface area contributed by atoms with E-state index < -0.39 is 5.54 Å². The van der Waals surface area contributed by atoms with Crippen molar-refractivity contribution in [3.8, 4) is 0 Å². The quantitative estimate of drug-likeness (QED) is 0.783. The minimum atomic E-state index is -0.570. The highest BCUT2D eigenvalue weighted by Crippen LogP contribution is 2.46. The number of halogens is 2. The van der Waals surface area contributed by atoms with Gasteiger partial charge in [0, 0.05) is 6.07 Å². The molecule has 1 aliphatic carbocycles. The average Bonchev–Trinajstić information content (AvgIpc) is 2.88. The first kappa shape index (κ1) is 10.2. The second kappa shape index (κ2) is 3.34. The van der Waals surface area contributed by atoms with Gasteiger partial charge in [-0.1, -0.05) is 0 Å². The number of carbonyl (C=O) groups excluding carboxylic acids is 1. The summed E-state index contributed by atoms with van der Waals surface area (Å²) in [5, 5.41) is 4.20. The Morgan fingerprint density at radius 3 is 2.64 bits per heavy atom. The summed E-state index contributed by atoms with van der Waals surface area (Å²) in [4.78, 5) is 11.5. The number of nitrogens with zero attached hydrogens (tertiary/aromatic N) is 2. The van der Waals surface area contributed by atoms with Crippen molar-refractivity contribution in [3.63, 3.8) is 0 Å². The lowest BCUT2D eigenvalue weighted by atomic mass is 10.3. The summed E-state index contributed by atoms with van der Waals surface area (Å²) in [5.41, 5.74) is -0.570. The van der Waals surface area contributed by atoms with Gasteiger partial charge in [-0.05, 0) is 44.7 Å². The Labute approximate surface area is 97.9 Å². The van der Waals surface area contributed by atoms with Crippen molar-refractivity contribution in [1.82, 2.24) is 9.78 Å². The van der Waals surface area contributed by atoms with Gasteiger partial charge in [0.1, 0.15) is 9.21 Å². The second-order valence-corrected chi connectivity index (χ2v) is 4.85. The van der Waals surface area contributed by atoms with Gasteiger partial charge in [-0.2, -0.15) is 5.10 Å². The molecule has 0 radical (unpaired) electrons. The molecule has 6 heteroatoms. The van der Waals surface area contributed by atoms with Crippen molar-refractivity contribution in [2.45, 2.75) is 18.4 Å². The molecule has 1 aromatic rings. The first-order valence-corrected chi connectivity index (χ1v) is 5.69. The standard InChI is InChI=1S/C8H8Br2N2O2/c1-14-7(13)8(2-3-8)12-6(10)4-5(9)11-12/h4H,2-3H2,1H3. The van der Waals surface area contributed by atoms with Gasteiger partial charge in [0.15, 0.2) is 5.54 Å². The van der Waals surface area contributed by atoms with Crippen LogP contribution in [0.3, 0.4) is 0 Å². The number of rotatable bonds is 2. The van der Waals surface area contributed by atoms with Gasteiger partial charge in [-0.25, -0.2) is 9.48 Å². The van der Waals surface area contributed by atoms with Crippen molar-refractivity contribution >= 4 is 37.8 Å². The van der Waals surface area contributed by atoms with Gasteiger partial charge >= 0.3 is 5.97 Å². The van der Waals surface area contributed by atoms with Crippen LogP contribution in [0.1, 0.15) is 12.8 Å². The van der Waals surface area contributed by atoms with Crippen LogP contribution in [0.15, 0.2) is 15.3 Å². The van der Waals surface area contributed by atoms with Crippen molar-refractivity contribution < 1.29 is 9.53 Å². The van der Waals surface area contributed by atoms with Crippen LogP contribution in [0.2, 0.25) is 0 Å². The second-order valence-electron chi connectivity index (χ2n) is 3.22. The van der Waals surface area contributed by atoms with Crippen LogP contribution in [0, 0.1) is 0 Å². The molecule has 0 saturated heterocycles. The third kappa shape index (κ3) is 1.40. The molecule has 14 heavy (non-hydrogen) atoms. The van der Waals surface area contributed by atoms with Gasteiger partial charge < -0.3 is 4.74 Å². The van der Waals surface area contributed by atoms with Crippen LogP contribution < -0.4 is 0 Å². The fourth-order valence-electron chi connectivity index (χ4n) is 1.44. The third-order valence-electron chi connectivity index (χ3n) is 2.33. The van der Waals surface area contributed by atoms with E-state index in [-0.39, 0.29) is 5.97 Å². The van der Waals surface area contributed by atoms with E-state index >= 15 is 0 Å². The molecule has 0 aromatic carbocycles. The molecule has 0 bridgehead atoms. The summed E-state index contributed by atoms with van der Waals surface area (Å²) < 4.78 is 7.92. The molecule has 1 aliphatic rings. The molecule has 1 saturated carbocycles.